The smallest absolute Gasteiger partial charge is 0.169 e. The molecule has 0 radical (unpaired) electrons. The third-order valence-electron chi connectivity index (χ3n) is 2.75. The van der Waals surface area contributed by atoms with Gasteiger partial charge in [-0.05, 0) is 49.7 Å². The summed E-state index contributed by atoms with van der Waals surface area (Å²) < 4.78 is 11.3. The van der Waals surface area contributed by atoms with Gasteiger partial charge in [0, 0.05) is 5.56 Å². The first-order valence-electron chi connectivity index (χ1n) is 6.20. The minimum Gasteiger partial charge on any atom is -0.490 e. The molecule has 98 valence electrons. The standard InChI is InChI=1S/C16H16O3/c1-3-18-15-6-4-5-7-16(15)19-14-9-8-13(11-17)12(2)10-14/h4-11H,3H2,1-2H3. The first kappa shape index (κ1) is 13.1. The molecule has 0 atom stereocenters. The number of ether oxygens (including phenoxy) is 2. The number of aldehydes is 1. The third kappa shape index (κ3) is 3.13. The van der Waals surface area contributed by atoms with Crippen molar-refractivity contribution in [1.29, 1.82) is 0 Å². The van der Waals surface area contributed by atoms with Crippen LogP contribution in [0.2, 0.25) is 0 Å². The highest BCUT2D eigenvalue weighted by Crippen LogP contribution is 2.31. The van der Waals surface area contributed by atoms with E-state index < -0.39 is 0 Å². The van der Waals surface area contributed by atoms with Gasteiger partial charge in [0.1, 0.15) is 12.0 Å². The Morgan fingerprint density at radius 1 is 1.11 bits per heavy atom. The van der Waals surface area contributed by atoms with Crippen molar-refractivity contribution in [2.24, 2.45) is 0 Å². The highest BCUT2D eigenvalue weighted by atomic mass is 16.5. The zero-order valence-electron chi connectivity index (χ0n) is 11.1. The van der Waals surface area contributed by atoms with E-state index in [4.69, 9.17) is 9.47 Å². The quantitative estimate of drug-likeness (QED) is 0.758. The molecule has 0 spiro atoms. The summed E-state index contributed by atoms with van der Waals surface area (Å²) in [6.07, 6.45) is 0.841. The Bertz CT molecular complexity index is 576. The molecule has 0 saturated carbocycles. The van der Waals surface area contributed by atoms with Crippen LogP contribution in [-0.4, -0.2) is 12.9 Å². The molecule has 0 aromatic heterocycles. The highest BCUT2D eigenvalue weighted by Gasteiger charge is 2.06. The summed E-state index contributed by atoms with van der Waals surface area (Å²) in [5.74, 6) is 2.07. The van der Waals surface area contributed by atoms with Crippen molar-refractivity contribution in [1.82, 2.24) is 0 Å². The van der Waals surface area contributed by atoms with E-state index >= 15 is 0 Å². The minimum atomic E-state index is 0.587. The average molecular weight is 256 g/mol. The number of aryl methyl sites for hydroxylation is 1. The average Bonchev–Trinajstić information content (AvgIpc) is 2.41. The lowest BCUT2D eigenvalue weighted by Gasteiger charge is -2.12. The van der Waals surface area contributed by atoms with E-state index in [1.54, 1.807) is 12.1 Å². The SMILES string of the molecule is CCOc1ccccc1Oc1ccc(C=O)c(C)c1. The van der Waals surface area contributed by atoms with Crippen LogP contribution in [0, 0.1) is 6.92 Å². The van der Waals surface area contributed by atoms with Crippen LogP contribution in [0.25, 0.3) is 0 Å². The molecule has 0 aliphatic carbocycles. The summed E-state index contributed by atoms with van der Waals surface area (Å²) in [4.78, 5) is 10.8. The van der Waals surface area contributed by atoms with Gasteiger partial charge in [-0.25, -0.2) is 0 Å². The normalized spacial score (nSPS) is 10.0. The largest absolute Gasteiger partial charge is 0.490 e. The van der Waals surface area contributed by atoms with Gasteiger partial charge < -0.3 is 9.47 Å². The zero-order valence-corrected chi connectivity index (χ0v) is 11.1. The molecular formula is C16H16O3. The predicted octanol–water partition coefficient (Wildman–Crippen LogP) is 4.00. The van der Waals surface area contributed by atoms with Crippen molar-refractivity contribution in [2.75, 3.05) is 6.61 Å². The van der Waals surface area contributed by atoms with Crippen molar-refractivity contribution >= 4 is 6.29 Å². The second-order valence-corrected chi connectivity index (χ2v) is 4.12. The number of rotatable bonds is 5. The number of benzene rings is 2. The molecule has 0 amide bonds. The third-order valence-corrected chi connectivity index (χ3v) is 2.75. The van der Waals surface area contributed by atoms with Gasteiger partial charge in [0.05, 0.1) is 6.61 Å². The molecule has 0 bridgehead atoms. The summed E-state index contributed by atoms with van der Waals surface area (Å²) >= 11 is 0. The van der Waals surface area contributed by atoms with Crippen LogP contribution in [0.15, 0.2) is 42.5 Å². The first-order chi connectivity index (χ1) is 9.24. The number of carbonyl (C=O) groups is 1. The first-order valence-corrected chi connectivity index (χ1v) is 6.20. The Morgan fingerprint density at radius 2 is 1.84 bits per heavy atom. The minimum absolute atomic E-state index is 0.587. The van der Waals surface area contributed by atoms with E-state index in [0.717, 1.165) is 11.8 Å². The summed E-state index contributed by atoms with van der Waals surface area (Å²) in [5, 5.41) is 0. The fourth-order valence-corrected chi connectivity index (χ4v) is 1.78. The highest BCUT2D eigenvalue weighted by molar-refractivity contribution is 5.77. The number of carbonyl (C=O) groups excluding carboxylic acids is 1. The maximum absolute atomic E-state index is 10.8. The Labute approximate surface area is 112 Å². The molecule has 2 aromatic carbocycles. The molecule has 0 unspecified atom stereocenters. The van der Waals surface area contributed by atoms with Crippen LogP contribution >= 0.6 is 0 Å². The number of hydrogen-bond donors (Lipinski definition) is 0. The lowest BCUT2D eigenvalue weighted by atomic mass is 10.1. The molecule has 2 rings (SSSR count). The topological polar surface area (TPSA) is 35.5 Å². The van der Waals surface area contributed by atoms with E-state index in [2.05, 4.69) is 0 Å². The Balaban J connectivity index is 2.26. The number of para-hydroxylation sites is 2. The van der Waals surface area contributed by atoms with E-state index in [1.807, 2.05) is 44.2 Å². The van der Waals surface area contributed by atoms with E-state index in [1.165, 1.54) is 0 Å². The second-order valence-electron chi connectivity index (χ2n) is 4.12. The molecule has 0 N–H and O–H groups in total. The van der Waals surface area contributed by atoms with E-state index in [0.29, 0.717) is 29.4 Å². The van der Waals surface area contributed by atoms with Gasteiger partial charge in [0.25, 0.3) is 0 Å². The van der Waals surface area contributed by atoms with E-state index in [-0.39, 0.29) is 0 Å². The second kappa shape index (κ2) is 6.05. The Morgan fingerprint density at radius 3 is 2.47 bits per heavy atom. The fourth-order valence-electron chi connectivity index (χ4n) is 1.78. The van der Waals surface area contributed by atoms with Gasteiger partial charge in [-0.15, -0.1) is 0 Å². The van der Waals surface area contributed by atoms with Gasteiger partial charge in [-0.1, -0.05) is 12.1 Å². The molecule has 0 fully saturated rings. The maximum atomic E-state index is 10.8. The molecule has 3 nitrogen and oxygen atoms in total. The van der Waals surface area contributed by atoms with Crippen molar-refractivity contribution < 1.29 is 14.3 Å². The molecule has 0 saturated heterocycles. The van der Waals surface area contributed by atoms with Gasteiger partial charge >= 0.3 is 0 Å². The van der Waals surface area contributed by atoms with Gasteiger partial charge in [0.15, 0.2) is 11.5 Å². The van der Waals surface area contributed by atoms with Gasteiger partial charge in [0.2, 0.25) is 0 Å². The molecule has 0 heterocycles. The summed E-state index contributed by atoms with van der Waals surface area (Å²) in [6, 6.07) is 12.9. The Hall–Kier alpha value is -2.29. The van der Waals surface area contributed by atoms with Crippen LogP contribution in [0.4, 0.5) is 0 Å². The fraction of sp³-hybridized carbons (Fsp3) is 0.188. The summed E-state index contributed by atoms with van der Waals surface area (Å²) in [7, 11) is 0. The van der Waals surface area contributed by atoms with Crippen LogP contribution in [0.3, 0.4) is 0 Å². The maximum Gasteiger partial charge on any atom is 0.169 e. The van der Waals surface area contributed by atoms with E-state index in [9.17, 15) is 4.79 Å². The lowest BCUT2D eigenvalue weighted by Crippen LogP contribution is -1.95. The van der Waals surface area contributed by atoms with Crippen molar-refractivity contribution in [3.8, 4) is 17.2 Å². The lowest BCUT2D eigenvalue weighted by molar-refractivity contribution is 0.112. The van der Waals surface area contributed by atoms with Gasteiger partial charge in [-0.3, -0.25) is 4.79 Å². The summed E-state index contributed by atoms with van der Waals surface area (Å²) in [5.41, 5.74) is 1.56. The molecule has 0 aliphatic heterocycles. The van der Waals surface area contributed by atoms with Crippen molar-refractivity contribution in [2.45, 2.75) is 13.8 Å². The molecule has 19 heavy (non-hydrogen) atoms. The van der Waals surface area contributed by atoms with Crippen molar-refractivity contribution in [3.63, 3.8) is 0 Å². The van der Waals surface area contributed by atoms with Crippen LogP contribution in [0.1, 0.15) is 22.8 Å². The molecular weight excluding hydrogens is 240 g/mol. The van der Waals surface area contributed by atoms with Crippen LogP contribution < -0.4 is 9.47 Å². The summed E-state index contributed by atoms with van der Waals surface area (Å²) in [6.45, 7) is 4.40. The molecule has 2 aromatic rings. The number of hydrogen-bond acceptors (Lipinski definition) is 3. The van der Waals surface area contributed by atoms with Crippen molar-refractivity contribution in [3.05, 3.63) is 53.6 Å². The Kier molecular flexibility index (Phi) is 4.18. The van der Waals surface area contributed by atoms with Crippen LogP contribution in [0.5, 0.6) is 17.2 Å². The van der Waals surface area contributed by atoms with Gasteiger partial charge in [-0.2, -0.15) is 0 Å². The zero-order chi connectivity index (χ0) is 13.7. The monoisotopic (exact) mass is 256 g/mol. The predicted molar refractivity (Wildman–Crippen MR) is 74.3 cm³/mol. The van der Waals surface area contributed by atoms with Crippen LogP contribution in [-0.2, 0) is 0 Å². The molecule has 0 aliphatic rings. The molecule has 3 heteroatoms.